The Morgan fingerprint density at radius 3 is 2.27 bits per heavy atom. The van der Waals surface area contributed by atoms with E-state index >= 15 is 0 Å². The van der Waals surface area contributed by atoms with Gasteiger partial charge in [-0.2, -0.15) is 0 Å². The fourth-order valence-electron chi connectivity index (χ4n) is 0.630. The average molecular weight is 155 g/mol. The summed E-state index contributed by atoms with van der Waals surface area (Å²) in [5.41, 5.74) is 0.331. The molecule has 1 aromatic heterocycles. The molecule has 0 saturated heterocycles. The molecule has 0 spiro atoms. The van der Waals surface area contributed by atoms with E-state index in [0.29, 0.717) is 5.56 Å². The van der Waals surface area contributed by atoms with Crippen molar-refractivity contribution in [2.24, 2.45) is 7.05 Å². The number of aromatic nitrogens is 1. The summed E-state index contributed by atoms with van der Waals surface area (Å²) in [6.45, 7) is 4.00. The molecule has 0 aliphatic rings. The third kappa shape index (κ3) is 2.89. The fraction of sp³-hybridized carbons (Fsp3) is 0.375. The summed E-state index contributed by atoms with van der Waals surface area (Å²) in [4.78, 5) is 10.2. The smallest absolute Gasteiger partial charge is 0.337 e. The zero-order valence-electron chi connectivity index (χ0n) is 7.03. The van der Waals surface area contributed by atoms with Crippen LogP contribution in [0.1, 0.15) is 24.2 Å². The van der Waals surface area contributed by atoms with Gasteiger partial charge in [0.25, 0.3) is 0 Å². The van der Waals surface area contributed by atoms with Gasteiger partial charge in [-0.3, -0.25) is 0 Å². The highest BCUT2D eigenvalue weighted by Gasteiger charge is 2.00. The SMILES string of the molecule is CC.Cn1ccc(C(=O)O)c1. The van der Waals surface area contributed by atoms with Crippen LogP contribution in [0.15, 0.2) is 18.5 Å². The predicted octanol–water partition coefficient (Wildman–Crippen LogP) is 1.75. The zero-order valence-corrected chi connectivity index (χ0v) is 7.03. The first-order chi connectivity index (χ1) is 5.20. The fourth-order valence-corrected chi connectivity index (χ4v) is 0.630. The minimum Gasteiger partial charge on any atom is -0.478 e. The Balaban J connectivity index is 0.000000461. The molecule has 0 bridgehead atoms. The van der Waals surface area contributed by atoms with E-state index in [4.69, 9.17) is 5.11 Å². The number of aryl methyl sites for hydroxylation is 1. The highest BCUT2D eigenvalue weighted by Crippen LogP contribution is 1.97. The Bertz CT molecular complexity index is 228. The van der Waals surface area contributed by atoms with E-state index in [9.17, 15) is 4.79 Å². The van der Waals surface area contributed by atoms with Crippen LogP contribution in [0, 0.1) is 0 Å². The lowest BCUT2D eigenvalue weighted by molar-refractivity contribution is 0.0697. The molecule has 0 radical (unpaired) electrons. The Morgan fingerprint density at radius 1 is 1.55 bits per heavy atom. The molecule has 1 heterocycles. The molecule has 0 aliphatic carbocycles. The molecule has 11 heavy (non-hydrogen) atoms. The molecule has 0 fully saturated rings. The maximum absolute atomic E-state index is 10.2. The number of hydrogen-bond acceptors (Lipinski definition) is 1. The highest BCUT2D eigenvalue weighted by molar-refractivity contribution is 5.87. The van der Waals surface area contributed by atoms with Gasteiger partial charge in [0, 0.05) is 19.4 Å². The topological polar surface area (TPSA) is 42.2 Å². The summed E-state index contributed by atoms with van der Waals surface area (Å²) in [6, 6.07) is 1.56. The maximum Gasteiger partial charge on any atom is 0.337 e. The van der Waals surface area contributed by atoms with Crippen LogP contribution < -0.4 is 0 Å². The van der Waals surface area contributed by atoms with Crippen molar-refractivity contribution in [3.05, 3.63) is 24.0 Å². The van der Waals surface area contributed by atoms with Gasteiger partial charge in [0.1, 0.15) is 0 Å². The van der Waals surface area contributed by atoms with E-state index in [1.807, 2.05) is 13.8 Å². The lowest BCUT2D eigenvalue weighted by atomic mass is 10.4. The molecule has 62 valence electrons. The van der Waals surface area contributed by atoms with Crippen LogP contribution in [0.2, 0.25) is 0 Å². The van der Waals surface area contributed by atoms with Gasteiger partial charge in [-0.25, -0.2) is 4.79 Å². The Morgan fingerprint density at radius 2 is 2.09 bits per heavy atom. The molecule has 0 aliphatic heterocycles. The average Bonchev–Trinajstić information content (AvgIpc) is 2.40. The van der Waals surface area contributed by atoms with Crippen molar-refractivity contribution in [2.75, 3.05) is 0 Å². The van der Waals surface area contributed by atoms with Crippen LogP contribution in [0.25, 0.3) is 0 Å². The molecule has 1 rings (SSSR count). The van der Waals surface area contributed by atoms with Gasteiger partial charge in [-0.15, -0.1) is 0 Å². The predicted molar refractivity (Wildman–Crippen MR) is 43.7 cm³/mol. The van der Waals surface area contributed by atoms with E-state index in [1.54, 1.807) is 30.1 Å². The summed E-state index contributed by atoms with van der Waals surface area (Å²) in [6.07, 6.45) is 3.26. The summed E-state index contributed by atoms with van der Waals surface area (Å²) in [5, 5.41) is 8.38. The van der Waals surface area contributed by atoms with Gasteiger partial charge in [-0.1, -0.05) is 13.8 Å². The summed E-state index contributed by atoms with van der Waals surface area (Å²) in [5.74, 6) is -0.879. The van der Waals surface area contributed by atoms with Crippen LogP contribution >= 0.6 is 0 Å². The minimum absolute atomic E-state index is 0.331. The molecule has 0 saturated carbocycles. The number of nitrogens with zero attached hydrogens (tertiary/aromatic N) is 1. The Labute approximate surface area is 66.3 Å². The number of hydrogen-bond donors (Lipinski definition) is 1. The lowest BCUT2D eigenvalue weighted by Crippen LogP contribution is -1.92. The third-order valence-electron chi connectivity index (χ3n) is 1.08. The molecular weight excluding hydrogens is 142 g/mol. The van der Waals surface area contributed by atoms with Crippen LogP contribution in [-0.2, 0) is 7.05 Å². The maximum atomic E-state index is 10.2. The van der Waals surface area contributed by atoms with E-state index in [2.05, 4.69) is 0 Å². The van der Waals surface area contributed by atoms with E-state index in [1.165, 1.54) is 0 Å². The van der Waals surface area contributed by atoms with Gasteiger partial charge >= 0.3 is 5.97 Å². The summed E-state index contributed by atoms with van der Waals surface area (Å²) < 4.78 is 1.70. The Hall–Kier alpha value is -1.25. The second-order valence-corrected chi connectivity index (χ2v) is 1.87. The van der Waals surface area contributed by atoms with Crippen molar-refractivity contribution in [3.8, 4) is 0 Å². The molecule has 1 N–H and O–H groups in total. The third-order valence-corrected chi connectivity index (χ3v) is 1.08. The van der Waals surface area contributed by atoms with Gasteiger partial charge in [-0.05, 0) is 6.07 Å². The van der Waals surface area contributed by atoms with Gasteiger partial charge in [0.15, 0.2) is 0 Å². The van der Waals surface area contributed by atoms with Crippen molar-refractivity contribution in [3.63, 3.8) is 0 Å². The quantitative estimate of drug-likeness (QED) is 0.671. The largest absolute Gasteiger partial charge is 0.478 e. The first kappa shape index (κ1) is 9.75. The van der Waals surface area contributed by atoms with Crippen LogP contribution in [0.3, 0.4) is 0 Å². The second kappa shape index (κ2) is 4.55. The van der Waals surface area contributed by atoms with Crippen molar-refractivity contribution < 1.29 is 9.90 Å². The van der Waals surface area contributed by atoms with Gasteiger partial charge in [0.05, 0.1) is 5.56 Å². The van der Waals surface area contributed by atoms with Crippen LogP contribution in [0.5, 0.6) is 0 Å². The van der Waals surface area contributed by atoms with Crippen molar-refractivity contribution in [1.29, 1.82) is 0 Å². The highest BCUT2D eigenvalue weighted by atomic mass is 16.4. The molecule has 1 aromatic rings. The Kier molecular flexibility index (Phi) is 4.03. The molecule has 0 amide bonds. The van der Waals surface area contributed by atoms with E-state index in [-0.39, 0.29) is 0 Å². The van der Waals surface area contributed by atoms with Gasteiger partial charge < -0.3 is 9.67 Å². The molecule has 3 nitrogen and oxygen atoms in total. The normalized spacial score (nSPS) is 8.27. The first-order valence-corrected chi connectivity index (χ1v) is 3.55. The van der Waals surface area contributed by atoms with Crippen molar-refractivity contribution >= 4 is 5.97 Å². The number of aromatic carboxylic acids is 1. The molecule has 0 aromatic carbocycles. The lowest BCUT2D eigenvalue weighted by Gasteiger charge is -1.83. The van der Waals surface area contributed by atoms with Crippen LogP contribution in [0.4, 0.5) is 0 Å². The monoisotopic (exact) mass is 155 g/mol. The number of carboxylic acids is 1. The van der Waals surface area contributed by atoms with E-state index < -0.39 is 5.97 Å². The zero-order chi connectivity index (χ0) is 8.85. The number of carbonyl (C=O) groups is 1. The summed E-state index contributed by atoms with van der Waals surface area (Å²) in [7, 11) is 1.78. The number of rotatable bonds is 1. The van der Waals surface area contributed by atoms with Gasteiger partial charge in [0.2, 0.25) is 0 Å². The minimum atomic E-state index is -0.879. The molecule has 3 heteroatoms. The van der Waals surface area contributed by atoms with Crippen LogP contribution in [-0.4, -0.2) is 15.6 Å². The first-order valence-electron chi connectivity index (χ1n) is 3.55. The number of carboxylic acid groups (broad SMARTS) is 1. The van der Waals surface area contributed by atoms with E-state index in [0.717, 1.165) is 0 Å². The van der Waals surface area contributed by atoms with Crippen molar-refractivity contribution in [1.82, 2.24) is 4.57 Å². The molecular formula is C8H13NO2. The second-order valence-electron chi connectivity index (χ2n) is 1.87. The molecule has 0 atom stereocenters. The standard InChI is InChI=1S/C6H7NO2.C2H6/c1-7-3-2-5(4-7)6(8)9;1-2/h2-4H,1H3,(H,8,9);1-2H3. The molecule has 0 unspecified atom stereocenters. The van der Waals surface area contributed by atoms with Crippen molar-refractivity contribution in [2.45, 2.75) is 13.8 Å². The summed E-state index contributed by atoms with van der Waals surface area (Å²) >= 11 is 0.